The molecule has 0 saturated heterocycles. The zero-order valence-electron chi connectivity index (χ0n) is 11.8. The van der Waals surface area contributed by atoms with Crippen LogP contribution < -0.4 is 5.32 Å². The summed E-state index contributed by atoms with van der Waals surface area (Å²) in [6.45, 7) is 3.76. The van der Waals surface area contributed by atoms with Crippen molar-refractivity contribution in [2.45, 2.75) is 13.8 Å². The van der Waals surface area contributed by atoms with Crippen LogP contribution in [0.2, 0.25) is 0 Å². The first-order valence-electron chi connectivity index (χ1n) is 6.20. The molecule has 2 aromatic rings. The van der Waals surface area contributed by atoms with E-state index >= 15 is 0 Å². The molecule has 0 unspecified atom stereocenters. The molecule has 0 aliphatic heterocycles. The van der Waals surface area contributed by atoms with E-state index in [4.69, 9.17) is 4.74 Å². The lowest BCUT2D eigenvalue weighted by Crippen LogP contribution is -2.15. The molecule has 0 bridgehead atoms. The van der Waals surface area contributed by atoms with Gasteiger partial charge in [-0.05, 0) is 54.1 Å². The summed E-state index contributed by atoms with van der Waals surface area (Å²) in [4.78, 5) is 25.2. The summed E-state index contributed by atoms with van der Waals surface area (Å²) in [7, 11) is 1.33. The summed E-state index contributed by atoms with van der Waals surface area (Å²) in [5, 5.41) is 3.35. The number of hydrogen-bond acceptors (Lipinski definition) is 4. The Morgan fingerprint density at radius 1 is 1.24 bits per heavy atom. The van der Waals surface area contributed by atoms with Gasteiger partial charge < -0.3 is 10.1 Å². The Labute approximate surface area is 140 Å². The predicted molar refractivity (Wildman–Crippen MR) is 92.2 cm³/mol. The number of benzene rings is 1. The lowest BCUT2D eigenvalue weighted by Gasteiger charge is -2.07. The highest BCUT2D eigenvalue weighted by molar-refractivity contribution is 14.1. The van der Waals surface area contributed by atoms with Crippen LogP contribution in [-0.2, 0) is 4.74 Å². The third-order valence-electron chi connectivity index (χ3n) is 3.12. The zero-order chi connectivity index (χ0) is 15.6. The molecular weight excluding hydrogens is 401 g/mol. The van der Waals surface area contributed by atoms with Crippen LogP contribution in [0.15, 0.2) is 24.3 Å². The number of anilines is 1. The second kappa shape index (κ2) is 6.57. The van der Waals surface area contributed by atoms with Crippen LogP contribution in [0, 0.1) is 17.4 Å². The van der Waals surface area contributed by atoms with Crippen molar-refractivity contribution in [3.05, 3.63) is 49.4 Å². The average molecular weight is 415 g/mol. The fraction of sp³-hybridized carbons (Fsp3) is 0.200. The molecule has 1 aromatic heterocycles. The van der Waals surface area contributed by atoms with Crippen molar-refractivity contribution in [2.24, 2.45) is 0 Å². The number of amides is 1. The molecule has 1 heterocycles. The number of methoxy groups -OCH3 is 1. The molecule has 0 aliphatic carbocycles. The Morgan fingerprint density at radius 3 is 2.52 bits per heavy atom. The SMILES string of the molecule is COC(=O)c1c(NC(=O)c2ccccc2I)sc(C)c1C. The van der Waals surface area contributed by atoms with E-state index in [0.717, 1.165) is 14.0 Å². The summed E-state index contributed by atoms with van der Waals surface area (Å²) < 4.78 is 5.66. The first-order chi connectivity index (χ1) is 9.95. The van der Waals surface area contributed by atoms with Crippen molar-refractivity contribution in [3.63, 3.8) is 0 Å². The Kier molecular flexibility index (Phi) is 5.00. The fourth-order valence-corrected chi connectivity index (χ4v) is 3.55. The molecule has 21 heavy (non-hydrogen) atoms. The van der Waals surface area contributed by atoms with E-state index < -0.39 is 5.97 Å². The van der Waals surface area contributed by atoms with E-state index in [1.165, 1.54) is 18.4 Å². The molecule has 110 valence electrons. The lowest BCUT2D eigenvalue weighted by atomic mass is 10.1. The maximum absolute atomic E-state index is 12.4. The number of hydrogen-bond donors (Lipinski definition) is 1. The largest absolute Gasteiger partial charge is 0.465 e. The van der Waals surface area contributed by atoms with Crippen LogP contribution >= 0.6 is 33.9 Å². The van der Waals surface area contributed by atoms with Crippen LogP contribution in [0.4, 0.5) is 5.00 Å². The maximum atomic E-state index is 12.4. The Morgan fingerprint density at radius 2 is 1.90 bits per heavy atom. The molecule has 1 amide bonds. The Balaban J connectivity index is 2.36. The van der Waals surface area contributed by atoms with Gasteiger partial charge in [-0.1, -0.05) is 12.1 Å². The third kappa shape index (κ3) is 3.26. The molecule has 0 radical (unpaired) electrons. The summed E-state index contributed by atoms with van der Waals surface area (Å²) in [5.41, 5.74) is 1.85. The average Bonchev–Trinajstić information content (AvgIpc) is 2.73. The van der Waals surface area contributed by atoms with Gasteiger partial charge in [0.2, 0.25) is 0 Å². The van der Waals surface area contributed by atoms with E-state index in [9.17, 15) is 9.59 Å². The van der Waals surface area contributed by atoms with E-state index in [1.54, 1.807) is 6.07 Å². The van der Waals surface area contributed by atoms with Crippen molar-refractivity contribution in [1.29, 1.82) is 0 Å². The van der Waals surface area contributed by atoms with Gasteiger partial charge >= 0.3 is 5.97 Å². The van der Waals surface area contributed by atoms with Crippen LogP contribution in [0.1, 0.15) is 31.2 Å². The molecule has 6 heteroatoms. The topological polar surface area (TPSA) is 55.4 Å². The number of halogens is 1. The van der Waals surface area contributed by atoms with Crippen molar-refractivity contribution in [1.82, 2.24) is 0 Å². The minimum absolute atomic E-state index is 0.230. The standard InChI is InChI=1S/C15H14INO3S/c1-8-9(2)21-14(12(8)15(19)20-3)17-13(18)10-6-4-5-7-11(10)16/h4-7H,1-3H3,(H,17,18). The first-order valence-corrected chi connectivity index (χ1v) is 8.09. The number of nitrogens with one attached hydrogen (secondary N) is 1. The molecule has 0 fully saturated rings. The minimum atomic E-state index is -0.435. The Hall–Kier alpha value is -1.41. The van der Waals surface area contributed by atoms with Gasteiger partial charge in [-0.15, -0.1) is 11.3 Å². The molecule has 0 aliphatic rings. The van der Waals surface area contributed by atoms with E-state index in [1.807, 2.05) is 32.0 Å². The van der Waals surface area contributed by atoms with Crippen molar-refractivity contribution in [3.8, 4) is 0 Å². The normalized spacial score (nSPS) is 10.3. The number of aryl methyl sites for hydroxylation is 1. The molecule has 0 spiro atoms. The fourth-order valence-electron chi connectivity index (χ4n) is 1.88. The van der Waals surface area contributed by atoms with Gasteiger partial charge in [0.15, 0.2) is 0 Å². The third-order valence-corrected chi connectivity index (χ3v) is 5.18. The van der Waals surface area contributed by atoms with E-state index in [0.29, 0.717) is 16.1 Å². The first kappa shape index (κ1) is 16.0. The summed E-state index contributed by atoms with van der Waals surface area (Å²) in [5.74, 6) is -0.665. The van der Waals surface area contributed by atoms with Gasteiger partial charge in [-0.2, -0.15) is 0 Å². The second-order valence-electron chi connectivity index (χ2n) is 4.41. The van der Waals surface area contributed by atoms with Crippen molar-refractivity contribution >= 4 is 50.8 Å². The van der Waals surface area contributed by atoms with Gasteiger partial charge in [0.1, 0.15) is 5.00 Å². The number of ether oxygens (including phenoxy) is 1. The van der Waals surface area contributed by atoms with E-state index in [2.05, 4.69) is 27.9 Å². The number of rotatable bonds is 3. The summed E-state index contributed by atoms with van der Waals surface area (Å²) in [6, 6.07) is 7.30. The molecule has 1 N–H and O–H groups in total. The maximum Gasteiger partial charge on any atom is 0.341 e. The highest BCUT2D eigenvalue weighted by atomic mass is 127. The van der Waals surface area contributed by atoms with Crippen LogP contribution in [-0.4, -0.2) is 19.0 Å². The van der Waals surface area contributed by atoms with Gasteiger partial charge in [0, 0.05) is 8.45 Å². The minimum Gasteiger partial charge on any atom is -0.465 e. The van der Waals surface area contributed by atoms with Gasteiger partial charge in [-0.25, -0.2) is 4.79 Å². The van der Waals surface area contributed by atoms with E-state index in [-0.39, 0.29) is 5.91 Å². The Bertz CT molecular complexity index is 709. The van der Waals surface area contributed by atoms with Crippen molar-refractivity contribution in [2.75, 3.05) is 12.4 Å². The highest BCUT2D eigenvalue weighted by Gasteiger charge is 2.22. The number of esters is 1. The van der Waals surface area contributed by atoms with Gasteiger partial charge in [0.05, 0.1) is 18.2 Å². The summed E-state index contributed by atoms with van der Waals surface area (Å²) >= 11 is 3.49. The lowest BCUT2D eigenvalue weighted by molar-refractivity contribution is 0.0601. The molecule has 2 rings (SSSR count). The van der Waals surface area contributed by atoms with Crippen LogP contribution in [0.5, 0.6) is 0 Å². The van der Waals surface area contributed by atoms with Crippen LogP contribution in [0.25, 0.3) is 0 Å². The highest BCUT2D eigenvalue weighted by Crippen LogP contribution is 2.33. The number of thiophene rings is 1. The van der Waals surface area contributed by atoms with Gasteiger partial charge in [-0.3, -0.25) is 4.79 Å². The second-order valence-corrected chi connectivity index (χ2v) is 6.80. The summed E-state index contributed by atoms with van der Waals surface area (Å²) in [6.07, 6.45) is 0. The molecular formula is C15H14INO3S. The van der Waals surface area contributed by atoms with Crippen molar-refractivity contribution < 1.29 is 14.3 Å². The predicted octanol–water partition coefficient (Wildman–Crippen LogP) is 4.01. The monoisotopic (exact) mass is 415 g/mol. The molecule has 0 atom stereocenters. The van der Waals surface area contributed by atoms with Crippen LogP contribution in [0.3, 0.4) is 0 Å². The smallest absolute Gasteiger partial charge is 0.341 e. The molecule has 4 nitrogen and oxygen atoms in total. The van der Waals surface area contributed by atoms with Gasteiger partial charge in [0.25, 0.3) is 5.91 Å². The molecule has 0 saturated carbocycles. The molecule has 1 aromatic carbocycles. The quantitative estimate of drug-likeness (QED) is 0.609. The zero-order valence-corrected chi connectivity index (χ0v) is 14.8. The number of carbonyl (C=O) groups excluding carboxylic acids is 2. The number of carbonyl (C=O) groups is 2.